The standard InChI is InChI=1S/C22H25ClN4O/c1-2-11-27-20-6-4-3-5-19(20)24-22(27)26-14-12-25(13-15-26)16-21(28)17-7-9-18(23)10-8-17/h3-10H,2,11-16H2,1H3. The lowest BCUT2D eigenvalue weighted by molar-refractivity contribution is 0.0926. The Morgan fingerprint density at radius 1 is 1.04 bits per heavy atom. The predicted octanol–water partition coefficient (Wildman–Crippen LogP) is 4.10. The van der Waals surface area contributed by atoms with Gasteiger partial charge in [0.25, 0.3) is 0 Å². The summed E-state index contributed by atoms with van der Waals surface area (Å²) in [6, 6.07) is 15.5. The van der Waals surface area contributed by atoms with E-state index in [1.165, 1.54) is 5.52 Å². The van der Waals surface area contributed by atoms with Crippen LogP contribution in [-0.2, 0) is 6.54 Å². The van der Waals surface area contributed by atoms with Gasteiger partial charge in [0.05, 0.1) is 17.6 Å². The highest BCUT2D eigenvalue weighted by Crippen LogP contribution is 2.24. The molecule has 0 saturated carbocycles. The Labute approximate surface area is 170 Å². The topological polar surface area (TPSA) is 41.4 Å². The lowest BCUT2D eigenvalue weighted by atomic mass is 10.1. The molecule has 0 spiro atoms. The summed E-state index contributed by atoms with van der Waals surface area (Å²) in [7, 11) is 0. The molecule has 5 nitrogen and oxygen atoms in total. The number of hydrogen-bond acceptors (Lipinski definition) is 4. The number of ketones is 1. The molecule has 28 heavy (non-hydrogen) atoms. The molecule has 3 aromatic rings. The molecule has 0 aliphatic carbocycles. The van der Waals surface area contributed by atoms with Crippen LogP contribution >= 0.6 is 11.6 Å². The van der Waals surface area contributed by atoms with Crippen molar-refractivity contribution >= 4 is 34.4 Å². The monoisotopic (exact) mass is 396 g/mol. The van der Waals surface area contributed by atoms with Crippen molar-refractivity contribution in [1.82, 2.24) is 14.5 Å². The smallest absolute Gasteiger partial charge is 0.206 e. The second-order valence-electron chi connectivity index (χ2n) is 7.25. The SMILES string of the molecule is CCCn1c(N2CCN(CC(=O)c3ccc(Cl)cc3)CC2)nc2ccccc21. The van der Waals surface area contributed by atoms with Gasteiger partial charge in [0.15, 0.2) is 5.78 Å². The number of benzene rings is 2. The van der Waals surface area contributed by atoms with Crippen LogP contribution in [0.1, 0.15) is 23.7 Å². The Balaban J connectivity index is 1.43. The molecular formula is C22H25ClN4O. The van der Waals surface area contributed by atoms with Crippen molar-refractivity contribution < 1.29 is 4.79 Å². The Morgan fingerprint density at radius 3 is 2.46 bits per heavy atom. The van der Waals surface area contributed by atoms with Crippen molar-refractivity contribution in [2.45, 2.75) is 19.9 Å². The van der Waals surface area contributed by atoms with Gasteiger partial charge < -0.3 is 9.47 Å². The molecule has 0 atom stereocenters. The fraction of sp³-hybridized carbons (Fsp3) is 0.364. The van der Waals surface area contributed by atoms with Crippen molar-refractivity contribution in [3.8, 4) is 0 Å². The van der Waals surface area contributed by atoms with Gasteiger partial charge in [-0.3, -0.25) is 9.69 Å². The minimum atomic E-state index is 0.142. The Kier molecular flexibility index (Phi) is 5.64. The Hall–Kier alpha value is -2.37. The third-order valence-electron chi connectivity index (χ3n) is 5.27. The van der Waals surface area contributed by atoms with Crippen LogP contribution in [-0.4, -0.2) is 53.0 Å². The predicted molar refractivity (Wildman–Crippen MR) is 114 cm³/mol. The van der Waals surface area contributed by atoms with Crippen molar-refractivity contribution in [3.63, 3.8) is 0 Å². The minimum Gasteiger partial charge on any atom is -0.340 e. The van der Waals surface area contributed by atoms with Crippen LogP contribution in [0.3, 0.4) is 0 Å². The van der Waals surface area contributed by atoms with Crippen molar-refractivity contribution in [1.29, 1.82) is 0 Å². The van der Waals surface area contributed by atoms with E-state index in [2.05, 4.69) is 39.5 Å². The van der Waals surface area contributed by atoms with Gasteiger partial charge in [-0.2, -0.15) is 0 Å². The van der Waals surface area contributed by atoms with Crippen molar-refractivity contribution in [2.75, 3.05) is 37.6 Å². The quantitative estimate of drug-likeness (QED) is 0.588. The summed E-state index contributed by atoms with van der Waals surface area (Å²) >= 11 is 5.91. The first-order chi connectivity index (χ1) is 13.7. The van der Waals surface area contributed by atoms with Crippen LogP contribution < -0.4 is 4.90 Å². The zero-order valence-corrected chi connectivity index (χ0v) is 16.9. The normalized spacial score (nSPS) is 15.3. The number of aryl methyl sites for hydroxylation is 1. The number of hydrogen-bond donors (Lipinski definition) is 0. The van der Waals surface area contributed by atoms with Crippen LogP contribution in [0.2, 0.25) is 5.02 Å². The molecule has 0 radical (unpaired) electrons. The second kappa shape index (κ2) is 8.33. The zero-order chi connectivity index (χ0) is 19.5. The van der Waals surface area contributed by atoms with E-state index < -0.39 is 0 Å². The number of Topliss-reactive ketones (excluding diaryl/α,β-unsaturated/α-hetero) is 1. The number of carbonyl (C=O) groups excluding carboxylic acids is 1. The number of fused-ring (bicyclic) bond motifs is 1. The average molecular weight is 397 g/mol. The first kappa shape index (κ1) is 19.0. The first-order valence-electron chi connectivity index (χ1n) is 9.87. The number of piperazine rings is 1. The van der Waals surface area contributed by atoms with E-state index in [1.54, 1.807) is 24.3 Å². The molecule has 0 unspecified atom stereocenters. The summed E-state index contributed by atoms with van der Waals surface area (Å²) in [6.07, 6.45) is 1.07. The van der Waals surface area contributed by atoms with Crippen molar-refractivity contribution in [3.05, 3.63) is 59.1 Å². The van der Waals surface area contributed by atoms with Gasteiger partial charge in [0, 0.05) is 43.3 Å². The van der Waals surface area contributed by atoms with E-state index in [0.29, 0.717) is 11.6 Å². The van der Waals surface area contributed by atoms with E-state index in [-0.39, 0.29) is 5.78 Å². The fourth-order valence-corrected chi connectivity index (χ4v) is 3.91. The van der Waals surface area contributed by atoms with Gasteiger partial charge in [-0.15, -0.1) is 0 Å². The summed E-state index contributed by atoms with van der Waals surface area (Å²) < 4.78 is 2.32. The van der Waals surface area contributed by atoms with Gasteiger partial charge in [-0.1, -0.05) is 30.7 Å². The lowest BCUT2D eigenvalue weighted by Gasteiger charge is -2.35. The maximum atomic E-state index is 12.5. The number of rotatable bonds is 6. The molecule has 6 heteroatoms. The Bertz CT molecular complexity index is 958. The average Bonchev–Trinajstić information content (AvgIpc) is 3.08. The summed E-state index contributed by atoms with van der Waals surface area (Å²) in [4.78, 5) is 22.0. The highest BCUT2D eigenvalue weighted by atomic mass is 35.5. The summed E-state index contributed by atoms with van der Waals surface area (Å²) in [6.45, 7) is 7.07. The number of anilines is 1. The van der Waals surface area contributed by atoms with E-state index in [9.17, 15) is 4.79 Å². The van der Waals surface area contributed by atoms with Gasteiger partial charge in [-0.25, -0.2) is 4.98 Å². The number of imidazole rings is 1. The number of para-hydroxylation sites is 2. The Morgan fingerprint density at radius 2 is 1.75 bits per heavy atom. The largest absolute Gasteiger partial charge is 0.340 e. The van der Waals surface area contributed by atoms with Crippen LogP contribution in [0, 0.1) is 0 Å². The maximum Gasteiger partial charge on any atom is 0.206 e. The molecular weight excluding hydrogens is 372 g/mol. The number of aromatic nitrogens is 2. The summed E-state index contributed by atoms with van der Waals surface area (Å²) in [5.41, 5.74) is 2.96. The molecule has 2 aromatic carbocycles. The number of carbonyl (C=O) groups is 1. The van der Waals surface area contributed by atoms with Gasteiger partial charge in [0.2, 0.25) is 5.95 Å². The van der Waals surface area contributed by atoms with E-state index >= 15 is 0 Å². The third-order valence-corrected chi connectivity index (χ3v) is 5.52. The zero-order valence-electron chi connectivity index (χ0n) is 16.1. The number of nitrogens with zero attached hydrogens (tertiary/aromatic N) is 4. The molecule has 4 rings (SSSR count). The van der Waals surface area contributed by atoms with Crippen LogP contribution in [0.5, 0.6) is 0 Å². The van der Waals surface area contributed by atoms with Crippen molar-refractivity contribution in [2.24, 2.45) is 0 Å². The molecule has 0 bridgehead atoms. The molecule has 0 N–H and O–H groups in total. The molecule has 146 valence electrons. The minimum absolute atomic E-state index is 0.142. The third kappa shape index (κ3) is 3.91. The fourth-order valence-electron chi connectivity index (χ4n) is 3.78. The van der Waals surface area contributed by atoms with E-state index in [1.807, 2.05) is 6.07 Å². The molecule has 1 aliphatic heterocycles. The van der Waals surface area contributed by atoms with Gasteiger partial charge >= 0.3 is 0 Å². The highest BCUT2D eigenvalue weighted by Gasteiger charge is 2.23. The van der Waals surface area contributed by atoms with E-state index in [0.717, 1.165) is 56.2 Å². The van der Waals surface area contributed by atoms with E-state index in [4.69, 9.17) is 16.6 Å². The summed E-state index contributed by atoms with van der Waals surface area (Å²) in [5, 5.41) is 0.653. The maximum absolute atomic E-state index is 12.5. The van der Waals surface area contributed by atoms with Crippen LogP contribution in [0.15, 0.2) is 48.5 Å². The summed E-state index contributed by atoms with van der Waals surface area (Å²) in [5.74, 6) is 1.19. The molecule has 1 saturated heterocycles. The second-order valence-corrected chi connectivity index (χ2v) is 7.68. The van der Waals surface area contributed by atoms with Gasteiger partial charge in [0.1, 0.15) is 0 Å². The highest BCUT2D eigenvalue weighted by molar-refractivity contribution is 6.30. The molecule has 2 heterocycles. The first-order valence-corrected chi connectivity index (χ1v) is 10.2. The molecule has 1 fully saturated rings. The molecule has 1 aliphatic rings. The van der Waals surface area contributed by atoms with Gasteiger partial charge in [-0.05, 0) is 42.8 Å². The number of halogens is 1. The molecule has 0 amide bonds. The lowest BCUT2D eigenvalue weighted by Crippen LogP contribution is -2.48. The van der Waals surface area contributed by atoms with Crippen LogP contribution in [0.4, 0.5) is 5.95 Å². The molecule has 1 aromatic heterocycles. The van der Waals surface area contributed by atoms with Crippen LogP contribution in [0.25, 0.3) is 11.0 Å².